The third kappa shape index (κ3) is 10.5. The molecule has 1 saturated carbocycles. The van der Waals surface area contributed by atoms with Crippen molar-refractivity contribution in [3.05, 3.63) is 185 Å². The first-order valence-electron chi connectivity index (χ1n) is 19.4. The second-order valence-corrected chi connectivity index (χ2v) is 14.2. The smallest absolute Gasteiger partial charge is 0.350 e. The summed E-state index contributed by atoms with van der Waals surface area (Å²) in [6, 6.07) is 43.1. The van der Waals surface area contributed by atoms with E-state index < -0.39 is 59.1 Å². The summed E-state index contributed by atoms with van der Waals surface area (Å²) >= 11 is 0. The van der Waals surface area contributed by atoms with Crippen molar-refractivity contribution in [3.8, 4) is 29.2 Å². The molecular weight excluding hydrogens is 790 g/mol. The van der Waals surface area contributed by atoms with Crippen molar-refractivity contribution in [2.45, 2.75) is 63.2 Å². The van der Waals surface area contributed by atoms with E-state index in [9.17, 15) is 10.1 Å². The molecule has 1 fully saturated rings. The number of methoxy groups -OCH3 is 1. The van der Waals surface area contributed by atoms with Crippen LogP contribution < -0.4 is 14.2 Å². The van der Waals surface area contributed by atoms with Gasteiger partial charge in [-0.15, -0.1) is 0 Å². The number of pyridine rings is 1. The van der Waals surface area contributed by atoms with E-state index in [1.165, 1.54) is 18.2 Å². The van der Waals surface area contributed by atoms with Gasteiger partial charge in [0.05, 0.1) is 50.8 Å². The number of aromatic nitrogens is 1. The highest BCUT2D eigenvalue weighted by atomic mass is 19.2. The molecule has 1 aromatic heterocycles. The third-order valence-electron chi connectivity index (χ3n) is 10.0. The molecule has 7 rings (SSSR count). The second kappa shape index (κ2) is 20.0. The molecular formula is C48H41F3N2O8. The second-order valence-electron chi connectivity index (χ2n) is 14.2. The summed E-state index contributed by atoms with van der Waals surface area (Å²) in [4.78, 5) is 17.5. The van der Waals surface area contributed by atoms with E-state index in [1.54, 1.807) is 0 Å². The van der Waals surface area contributed by atoms with Crippen molar-refractivity contribution >= 4 is 5.97 Å². The highest BCUT2D eigenvalue weighted by molar-refractivity contribution is 5.80. The van der Waals surface area contributed by atoms with Gasteiger partial charge in [0.15, 0.2) is 11.5 Å². The van der Waals surface area contributed by atoms with Crippen LogP contribution >= 0.6 is 0 Å². The fourth-order valence-corrected chi connectivity index (χ4v) is 6.97. The Morgan fingerprint density at radius 2 is 1.16 bits per heavy atom. The Hall–Kier alpha value is -6.72. The lowest BCUT2D eigenvalue weighted by molar-refractivity contribution is -0.215. The molecule has 0 N–H and O–H groups in total. The van der Waals surface area contributed by atoms with Gasteiger partial charge in [-0.05, 0) is 34.4 Å². The van der Waals surface area contributed by atoms with E-state index in [0.717, 1.165) is 29.4 Å². The SMILES string of the molecule is COC(=O)C1(Oc2c(F)c(F)nc(Oc3cc(C#N)ccc3OCc3ccccc3)c2F)CC(OCc2ccccc2)C(OCc2ccccc2)C(OCc2ccccc2)C1. The van der Waals surface area contributed by atoms with Crippen LogP contribution in [0.1, 0.15) is 40.7 Å². The van der Waals surface area contributed by atoms with Crippen molar-refractivity contribution in [1.29, 1.82) is 5.26 Å². The molecule has 5 aromatic carbocycles. The molecule has 0 spiro atoms. The molecule has 1 aliphatic rings. The topological polar surface area (TPSA) is 118 Å². The van der Waals surface area contributed by atoms with E-state index >= 15 is 13.2 Å². The molecule has 0 aliphatic heterocycles. The van der Waals surface area contributed by atoms with E-state index in [1.807, 2.05) is 127 Å². The summed E-state index contributed by atoms with van der Waals surface area (Å²) in [7, 11) is 1.10. The average Bonchev–Trinajstić information content (AvgIpc) is 3.30. The van der Waals surface area contributed by atoms with Crippen LogP contribution in [-0.2, 0) is 50.2 Å². The van der Waals surface area contributed by atoms with Gasteiger partial charge in [-0.2, -0.15) is 23.4 Å². The van der Waals surface area contributed by atoms with Gasteiger partial charge in [0.1, 0.15) is 12.7 Å². The zero-order valence-corrected chi connectivity index (χ0v) is 33.0. The largest absolute Gasteiger partial charge is 0.485 e. The summed E-state index contributed by atoms with van der Waals surface area (Å²) < 4.78 is 90.6. The molecule has 10 nitrogen and oxygen atoms in total. The summed E-state index contributed by atoms with van der Waals surface area (Å²) in [5.74, 6) is -8.76. The number of ether oxygens (including phenoxy) is 7. The van der Waals surface area contributed by atoms with E-state index in [0.29, 0.717) is 0 Å². The highest BCUT2D eigenvalue weighted by Crippen LogP contribution is 2.43. The number of esters is 1. The average molecular weight is 831 g/mol. The molecule has 312 valence electrons. The van der Waals surface area contributed by atoms with Crippen LogP contribution in [0, 0.1) is 28.9 Å². The number of hydrogen-bond acceptors (Lipinski definition) is 10. The predicted molar refractivity (Wildman–Crippen MR) is 216 cm³/mol. The molecule has 13 heteroatoms. The molecule has 6 aromatic rings. The highest BCUT2D eigenvalue weighted by Gasteiger charge is 2.56. The standard InChI is InChI=1S/C48H41F3N2O8/c1-55-47(54)48(61-44-41(49)45(51)53-46(42(44)50)60-38-24-36(27-52)22-23-37(38)56-28-32-14-6-2-7-15-32)25-39(57-29-33-16-8-3-9-17-33)43(59-31-35-20-12-5-13-21-35)40(26-48)58-30-34-18-10-4-11-19-34/h2-24,39-40,43H,25-26,28-31H2,1H3. The van der Waals surface area contributed by atoms with Gasteiger partial charge < -0.3 is 33.2 Å². The Morgan fingerprint density at radius 3 is 1.66 bits per heavy atom. The van der Waals surface area contributed by atoms with E-state index in [2.05, 4.69) is 4.98 Å². The number of benzene rings is 5. The van der Waals surface area contributed by atoms with Crippen LogP contribution in [0.25, 0.3) is 0 Å². The van der Waals surface area contributed by atoms with Crippen LogP contribution in [0.3, 0.4) is 0 Å². The van der Waals surface area contributed by atoms with Gasteiger partial charge in [-0.1, -0.05) is 121 Å². The number of nitrogens with zero attached hydrogens (tertiary/aromatic N) is 2. The van der Waals surface area contributed by atoms with Crippen LogP contribution in [0.5, 0.6) is 23.1 Å². The van der Waals surface area contributed by atoms with Gasteiger partial charge in [-0.25, -0.2) is 4.79 Å². The Kier molecular flexibility index (Phi) is 13.9. The molecule has 0 amide bonds. The Labute approximate surface area is 351 Å². The summed E-state index contributed by atoms with van der Waals surface area (Å²) in [5, 5.41) is 9.61. The maximum Gasteiger partial charge on any atom is 0.350 e. The predicted octanol–water partition coefficient (Wildman–Crippen LogP) is 9.58. The number of carbonyl (C=O) groups excluding carboxylic acids is 1. The van der Waals surface area contributed by atoms with Gasteiger partial charge in [0.25, 0.3) is 11.8 Å². The molecule has 0 radical (unpaired) electrons. The molecule has 1 heterocycles. The summed E-state index contributed by atoms with van der Waals surface area (Å²) in [6.07, 6.45) is -3.60. The maximum absolute atomic E-state index is 16.7. The first-order chi connectivity index (χ1) is 29.7. The number of halogens is 3. The zero-order valence-electron chi connectivity index (χ0n) is 33.0. The normalized spacial score (nSPS) is 18.4. The lowest BCUT2D eigenvalue weighted by Gasteiger charge is -2.46. The van der Waals surface area contributed by atoms with Gasteiger partial charge in [0.2, 0.25) is 23.0 Å². The van der Waals surface area contributed by atoms with E-state index in [4.69, 9.17) is 33.2 Å². The van der Waals surface area contributed by atoms with Gasteiger partial charge in [-0.3, -0.25) is 0 Å². The van der Waals surface area contributed by atoms with Gasteiger partial charge >= 0.3 is 5.97 Å². The molecule has 0 saturated heterocycles. The third-order valence-corrected chi connectivity index (χ3v) is 10.0. The van der Waals surface area contributed by atoms with Gasteiger partial charge in [0, 0.05) is 18.9 Å². The molecule has 2 unspecified atom stereocenters. The van der Waals surface area contributed by atoms with Crippen LogP contribution in [-0.4, -0.2) is 42.0 Å². The van der Waals surface area contributed by atoms with Crippen LogP contribution in [0.15, 0.2) is 140 Å². The molecule has 2 atom stereocenters. The lowest BCUT2D eigenvalue weighted by atomic mass is 9.78. The van der Waals surface area contributed by atoms with Crippen molar-refractivity contribution in [2.75, 3.05) is 7.11 Å². The van der Waals surface area contributed by atoms with Crippen LogP contribution in [0.4, 0.5) is 13.2 Å². The quantitative estimate of drug-likeness (QED) is 0.0650. The Morgan fingerprint density at radius 1 is 0.672 bits per heavy atom. The van der Waals surface area contributed by atoms with Crippen molar-refractivity contribution in [2.24, 2.45) is 0 Å². The van der Waals surface area contributed by atoms with E-state index in [-0.39, 0.29) is 56.3 Å². The van der Waals surface area contributed by atoms with Crippen molar-refractivity contribution in [1.82, 2.24) is 4.98 Å². The monoisotopic (exact) mass is 830 g/mol. The first-order valence-corrected chi connectivity index (χ1v) is 19.4. The van der Waals surface area contributed by atoms with Crippen LogP contribution in [0.2, 0.25) is 0 Å². The lowest BCUT2D eigenvalue weighted by Crippen LogP contribution is -2.61. The Balaban J connectivity index is 1.25. The minimum atomic E-state index is -2.23. The number of carbonyl (C=O) groups is 1. The first kappa shape index (κ1) is 42.4. The number of nitriles is 1. The fraction of sp³-hybridized carbons (Fsp3) is 0.229. The minimum absolute atomic E-state index is 0.0490. The minimum Gasteiger partial charge on any atom is -0.485 e. The maximum atomic E-state index is 16.7. The fourth-order valence-electron chi connectivity index (χ4n) is 6.97. The van der Waals surface area contributed by atoms with Crippen molar-refractivity contribution in [3.63, 3.8) is 0 Å². The number of rotatable bonds is 17. The molecule has 1 aliphatic carbocycles. The summed E-state index contributed by atoms with van der Waals surface area (Å²) in [6.45, 7) is 0.308. The zero-order chi connectivity index (χ0) is 42.6. The molecule has 0 bridgehead atoms. The molecule has 61 heavy (non-hydrogen) atoms. The summed E-state index contributed by atoms with van der Waals surface area (Å²) in [5.41, 5.74) is 1.09. The Bertz CT molecular complexity index is 2370. The number of hydrogen-bond donors (Lipinski definition) is 0. The van der Waals surface area contributed by atoms with Crippen molar-refractivity contribution < 1.29 is 51.1 Å².